The van der Waals surface area contributed by atoms with Gasteiger partial charge in [0.15, 0.2) is 0 Å². The lowest BCUT2D eigenvalue weighted by Gasteiger charge is -2.05. The molecule has 0 aliphatic carbocycles. The molecule has 0 aliphatic rings. The van der Waals surface area contributed by atoms with E-state index in [0.29, 0.717) is 23.3 Å². The summed E-state index contributed by atoms with van der Waals surface area (Å²) in [5.74, 6) is 0.979. The number of anilines is 1. The number of methoxy groups -OCH3 is 2. The smallest absolute Gasteiger partial charge is 0.257 e. The highest BCUT2D eigenvalue weighted by molar-refractivity contribution is 7.08. The molecule has 0 fully saturated rings. The molecule has 0 atom stereocenters. The predicted octanol–water partition coefficient (Wildman–Crippen LogP) is 2.23. The van der Waals surface area contributed by atoms with Crippen LogP contribution in [0.25, 0.3) is 0 Å². The maximum Gasteiger partial charge on any atom is 0.257 e. The first kappa shape index (κ1) is 14.5. The van der Waals surface area contributed by atoms with Gasteiger partial charge in [-0.1, -0.05) is 0 Å². The van der Waals surface area contributed by atoms with E-state index in [0.717, 1.165) is 5.56 Å². The second-order valence-electron chi connectivity index (χ2n) is 3.83. The van der Waals surface area contributed by atoms with Crippen LogP contribution in [0.3, 0.4) is 0 Å². The van der Waals surface area contributed by atoms with E-state index in [-0.39, 0.29) is 0 Å². The topological polar surface area (TPSA) is 61.2 Å². The third kappa shape index (κ3) is 3.35. The van der Waals surface area contributed by atoms with Crippen LogP contribution >= 0.6 is 11.5 Å². The van der Waals surface area contributed by atoms with Crippen LogP contribution in [0, 0.1) is 0 Å². The molecule has 0 amide bonds. The standard InChI is InChI=1S/C11H14F2N4O2S/c1-18-10-7(11(19-2)20-16-10)5-14-9-3-4-17(15-9)6-8(12)13/h3-4,8H,5-6H2,1-2H3,(H,14,15). The summed E-state index contributed by atoms with van der Waals surface area (Å²) in [5.41, 5.74) is 0.767. The molecule has 2 rings (SSSR count). The van der Waals surface area contributed by atoms with Crippen LogP contribution in [0.15, 0.2) is 12.3 Å². The quantitative estimate of drug-likeness (QED) is 0.850. The summed E-state index contributed by atoms with van der Waals surface area (Å²) < 4.78 is 40.0. The lowest BCUT2D eigenvalue weighted by molar-refractivity contribution is 0.122. The Morgan fingerprint density at radius 3 is 2.85 bits per heavy atom. The Balaban J connectivity index is 2.01. The van der Waals surface area contributed by atoms with Gasteiger partial charge >= 0.3 is 0 Å². The Bertz CT molecular complexity index is 537. The fraction of sp³-hybridized carbons (Fsp3) is 0.455. The van der Waals surface area contributed by atoms with E-state index < -0.39 is 13.0 Å². The minimum atomic E-state index is -2.43. The normalized spacial score (nSPS) is 10.8. The van der Waals surface area contributed by atoms with E-state index in [1.165, 1.54) is 29.5 Å². The summed E-state index contributed by atoms with van der Waals surface area (Å²) in [6.45, 7) is -0.0388. The van der Waals surface area contributed by atoms with Crippen molar-refractivity contribution in [3.63, 3.8) is 0 Å². The molecule has 0 saturated carbocycles. The number of alkyl halides is 2. The van der Waals surface area contributed by atoms with Gasteiger partial charge < -0.3 is 14.8 Å². The van der Waals surface area contributed by atoms with Crippen LogP contribution < -0.4 is 14.8 Å². The highest BCUT2D eigenvalue weighted by Gasteiger charge is 2.15. The second-order valence-corrected chi connectivity index (χ2v) is 4.57. The number of nitrogens with zero attached hydrogens (tertiary/aromatic N) is 3. The molecule has 110 valence electrons. The molecule has 2 aromatic rings. The van der Waals surface area contributed by atoms with Crippen LogP contribution in [-0.4, -0.2) is 34.8 Å². The lowest BCUT2D eigenvalue weighted by Crippen LogP contribution is -2.08. The van der Waals surface area contributed by atoms with E-state index in [2.05, 4.69) is 14.8 Å². The fourth-order valence-electron chi connectivity index (χ4n) is 1.63. The molecular formula is C11H14F2N4O2S. The SMILES string of the molecule is COc1nsc(OC)c1CNc1ccn(CC(F)F)n1. The summed E-state index contributed by atoms with van der Waals surface area (Å²) >= 11 is 1.19. The van der Waals surface area contributed by atoms with Gasteiger partial charge in [0, 0.05) is 23.8 Å². The van der Waals surface area contributed by atoms with Gasteiger partial charge in [-0.15, -0.1) is 0 Å². The summed E-state index contributed by atoms with van der Waals surface area (Å²) in [7, 11) is 3.07. The number of ether oxygens (including phenoxy) is 2. The first-order valence-electron chi connectivity index (χ1n) is 5.76. The molecule has 0 spiro atoms. The zero-order chi connectivity index (χ0) is 14.5. The van der Waals surface area contributed by atoms with Gasteiger partial charge in [-0.25, -0.2) is 8.78 Å². The van der Waals surface area contributed by atoms with Crippen LogP contribution in [0.4, 0.5) is 14.6 Å². The summed E-state index contributed by atoms with van der Waals surface area (Å²) in [4.78, 5) is 0. The average molecular weight is 304 g/mol. The monoisotopic (exact) mass is 304 g/mol. The first-order valence-corrected chi connectivity index (χ1v) is 6.53. The van der Waals surface area contributed by atoms with Gasteiger partial charge in [-0.3, -0.25) is 4.68 Å². The van der Waals surface area contributed by atoms with Crippen LogP contribution in [-0.2, 0) is 13.1 Å². The third-order valence-corrected chi connectivity index (χ3v) is 3.34. The van der Waals surface area contributed by atoms with E-state index in [1.54, 1.807) is 13.2 Å². The van der Waals surface area contributed by atoms with Crippen molar-refractivity contribution < 1.29 is 18.3 Å². The molecule has 9 heteroatoms. The maximum absolute atomic E-state index is 12.2. The molecule has 6 nitrogen and oxygen atoms in total. The van der Waals surface area contributed by atoms with E-state index >= 15 is 0 Å². The molecule has 2 aromatic heterocycles. The van der Waals surface area contributed by atoms with Gasteiger partial charge in [-0.05, 0) is 0 Å². The number of rotatable bonds is 7. The number of hydrogen-bond donors (Lipinski definition) is 1. The van der Waals surface area contributed by atoms with Crippen LogP contribution in [0.5, 0.6) is 10.9 Å². The van der Waals surface area contributed by atoms with Gasteiger partial charge in [0.25, 0.3) is 6.43 Å². The zero-order valence-corrected chi connectivity index (χ0v) is 11.8. The van der Waals surface area contributed by atoms with Gasteiger partial charge in [0.1, 0.15) is 12.4 Å². The van der Waals surface area contributed by atoms with Crippen LogP contribution in [0.1, 0.15) is 5.56 Å². The van der Waals surface area contributed by atoms with Gasteiger partial charge in [0.05, 0.1) is 26.3 Å². The van der Waals surface area contributed by atoms with Crippen molar-refractivity contribution in [2.24, 2.45) is 0 Å². The van der Waals surface area contributed by atoms with Crippen molar-refractivity contribution in [2.75, 3.05) is 19.5 Å². The molecule has 0 aliphatic heterocycles. The molecule has 20 heavy (non-hydrogen) atoms. The van der Waals surface area contributed by atoms with Crippen molar-refractivity contribution in [1.82, 2.24) is 14.2 Å². The third-order valence-electron chi connectivity index (χ3n) is 2.51. The summed E-state index contributed by atoms with van der Waals surface area (Å²) in [6.07, 6.45) is -0.932. The fourth-order valence-corrected chi connectivity index (χ4v) is 2.32. The summed E-state index contributed by atoms with van der Waals surface area (Å²) in [6, 6.07) is 1.63. The lowest BCUT2D eigenvalue weighted by atomic mass is 10.3. The largest absolute Gasteiger partial charge is 0.486 e. The van der Waals surface area contributed by atoms with E-state index in [4.69, 9.17) is 9.47 Å². The number of halogens is 2. The maximum atomic E-state index is 12.2. The first-order chi connectivity index (χ1) is 9.63. The highest BCUT2D eigenvalue weighted by Crippen LogP contribution is 2.32. The second kappa shape index (κ2) is 6.51. The molecule has 1 N–H and O–H groups in total. The highest BCUT2D eigenvalue weighted by atomic mass is 32.1. The van der Waals surface area contributed by atoms with Crippen molar-refractivity contribution in [2.45, 2.75) is 19.5 Å². The molecule has 0 saturated heterocycles. The Hall–Kier alpha value is -1.90. The Kier molecular flexibility index (Phi) is 4.72. The predicted molar refractivity (Wildman–Crippen MR) is 70.8 cm³/mol. The minimum absolute atomic E-state index is 0.383. The molecule has 0 radical (unpaired) electrons. The van der Waals surface area contributed by atoms with Crippen molar-refractivity contribution >= 4 is 17.4 Å². The Morgan fingerprint density at radius 2 is 2.20 bits per heavy atom. The van der Waals surface area contributed by atoms with Crippen molar-refractivity contribution in [3.05, 3.63) is 17.8 Å². The average Bonchev–Trinajstić information content (AvgIpc) is 3.01. The molecule has 2 heterocycles. The van der Waals surface area contributed by atoms with Crippen LogP contribution in [0.2, 0.25) is 0 Å². The number of aromatic nitrogens is 3. The van der Waals surface area contributed by atoms with Gasteiger partial charge in [-0.2, -0.15) is 9.47 Å². The van der Waals surface area contributed by atoms with Gasteiger partial charge in [0.2, 0.25) is 10.9 Å². The number of nitrogens with one attached hydrogen (secondary N) is 1. The Labute approximate surface area is 118 Å². The van der Waals surface area contributed by atoms with E-state index in [9.17, 15) is 8.78 Å². The van der Waals surface area contributed by atoms with E-state index in [1.807, 2.05) is 0 Å². The van der Waals surface area contributed by atoms with Crippen molar-refractivity contribution in [1.29, 1.82) is 0 Å². The zero-order valence-electron chi connectivity index (χ0n) is 11.0. The summed E-state index contributed by atoms with van der Waals surface area (Å²) in [5, 5.41) is 7.65. The Morgan fingerprint density at radius 1 is 1.40 bits per heavy atom. The minimum Gasteiger partial charge on any atom is -0.486 e. The molecule has 0 unspecified atom stereocenters. The molecule has 0 aromatic carbocycles. The molecule has 0 bridgehead atoms. The molecular weight excluding hydrogens is 290 g/mol. The number of hydrogen-bond acceptors (Lipinski definition) is 6. The van der Waals surface area contributed by atoms with Crippen molar-refractivity contribution in [3.8, 4) is 10.9 Å².